The van der Waals surface area contributed by atoms with Gasteiger partial charge in [-0.25, -0.2) is 4.98 Å². The zero-order valence-electron chi connectivity index (χ0n) is 20.7. The van der Waals surface area contributed by atoms with Crippen molar-refractivity contribution >= 4 is 28.8 Å². The number of nitrogens with one attached hydrogen (secondary N) is 1. The van der Waals surface area contributed by atoms with E-state index < -0.39 is 0 Å². The average molecular weight is 489 g/mol. The Morgan fingerprint density at radius 3 is 2.79 bits per heavy atom. The largest absolute Gasteiger partial charge is 0.491 e. The Labute approximate surface area is 206 Å². The van der Waals surface area contributed by atoms with Gasteiger partial charge in [0.1, 0.15) is 17.4 Å². The zero-order valence-corrected chi connectivity index (χ0v) is 21.6. The van der Waals surface area contributed by atoms with Crippen LogP contribution in [0.1, 0.15) is 49.0 Å². The van der Waals surface area contributed by atoms with Gasteiger partial charge in [-0.2, -0.15) is 0 Å². The van der Waals surface area contributed by atoms with Crippen molar-refractivity contribution in [2.45, 2.75) is 52.3 Å². The molecule has 0 spiro atoms. The third kappa shape index (κ3) is 6.77. The fourth-order valence-corrected chi connectivity index (χ4v) is 4.75. The number of nitrogens with zero attached hydrogens (tertiary/aromatic N) is 3. The molecule has 9 heteroatoms. The molecule has 186 valence electrons. The van der Waals surface area contributed by atoms with Crippen molar-refractivity contribution in [3.63, 3.8) is 0 Å². The molecular weight excluding hydrogens is 452 g/mol. The Bertz CT molecular complexity index is 952. The molecule has 1 N–H and O–H groups in total. The van der Waals surface area contributed by atoms with Crippen LogP contribution in [0.15, 0.2) is 29.8 Å². The van der Waals surface area contributed by atoms with Gasteiger partial charge in [-0.05, 0) is 37.5 Å². The first kappa shape index (κ1) is 26.1. The Morgan fingerprint density at radius 2 is 2.12 bits per heavy atom. The highest BCUT2D eigenvalue weighted by atomic mass is 32.1. The SMILES string of the molecule is CCCC(=O)Nc1ccc2c(c1)C(=O)N(C)C[C@@H](OC)[C@@H](C)CN(Cc1nccs1)[C@@H](C)CO2. The molecule has 3 atom stereocenters. The molecule has 34 heavy (non-hydrogen) atoms. The van der Waals surface area contributed by atoms with Crippen molar-refractivity contribution < 1.29 is 19.1 Å². The van der Waals surface area contributed by atoms with Crippen LogP contribution in [0.3, 0.4) is 0 Å². The number of thiazole rings is 1. The van der Waals surface area contributed by atoms with Crippen molar-refractivity contribution in [3.05, 3.63) is 40.3 Å². The molecule has 0 unspecified atom stereocenters. The third-order valence-electron chi connectivity index (χ3n) is 6.16. The van der Waals surface area contributed by atoms with E-state index in [0.717, 1.165) is 24.5 Å². The van der Waals surface area contributed by atoms with Crippen molar-refractivity contribution in [1.29, 1.82) is 0 Å². The lowest BCUT2D eigenvalue weighted by atomic mass is 10.0. The van der Waals surface area contributed by atoms with Gasteiger partial charge >= 0.3 is 0 Å². The Hall–Kier alpha value is -2.49. The molecule has 0 bridgehead atoms. The molecule has 0 saturated carbocycles. The highest BCUT2D eigenvalue weighted by molar-refractivity contribution is 7.09. The smallest absolute Gasteiger partial charge is 0.257 e. The molecule has 0 radical (unpaired) electrons. The number of rotatable bonds is 6. The van der Waals surface area contributed by atoms with Crippen LogP contribution in [-0.4, -0.2) is 72.6 Å². The van der Waals surface area contributed by atoms with E-state index >= 15 is 0 Å². The highest BCUT2D eigenvalue weighted by Crippen LogP contribution is 2.27. The summed E-state index contributed by atoms with van der Waals surface area (Å²) in [6.45, 7) is 8.61. The fourth-order valence-electron chi connectivity index (χ4n) is 4.10. The van der Waals surface area contributed by atoms with Crippen molar-refractivity contribution in [3.8, 4) is 5.75 Å². The molecule has 0 fully saturated rings. The summed E-state index contributed by atoms with van der Waals surface area (Å²) in [4.78, 5) is 34.0. The molecule has 1 aromatic carbocycles. The summed E-state index contributed by atoms with van der Waals surface area (Å²) >= 11 is 1.64. The van der Waals surface area contributed by atoms with E-state index in [1.165, 1.54) is 0 Å². The predicted molar refractivity (Wildman–Crippen MR) is 134 cm³/mol. The molecule has 0 aliphatic carbocycles. The lowest BCUT2D eigenvalue weighted by Crippen LogP contribution is -2.46. The third-order valence-corrected chi connectivity index (χ3v) is 6.92. The van der Waals surface area contributed by atoms with Gasteiger partial charge in [0.05, 0.1) is 18.2 Å². The molecule has 2 aromatic rings. The number of benzene rings is 1. The van der Waals surface area contributed by atoms with Gasteiger partial charge in [0.2, 0.25) is 5.91 Å². The summed E-state index contributed by atoms with van der Waals surface area (Å²) in [7, 11) is 3.47. The van der Waals surface area contributed by atoms with Gasteiger partial charge in [-0.1, -0.05) is 13.8 Å². The van der Waals surface area contributed by atoms with Gasteiger partial charge in [-0.15, -0.1) is 11.3 Å². The summed E-state index contributed by atoms with van der Waals surface area (Å²) in [5, 5.41) is 5.92. The van der Waals surface area contributed by atoms with Gasteiger partial charge in [-0.3, -0.25) is 14.5 Å². The molecule has 0 saturated heterocycles. The number of methoxy groups -OCH3 is 1. The number of fused-ring (bicyclic) bond motifs is 1. The Balaban J connectivity index is 1.91. The maximum Gasteiger partial charge on any atom is 0.257 e. The zero-order chi connectivity index (χ0) is 24.7. The number of likely N-dealkylation sites (N-methyl/N-ethyl adjacent to an activating group) is 1. The first-order chi connectivity index (χ1) is 16.3. The van der Waals surface area contributed by atoms with E-state index in [-0.39, 0.29) is 29.9 Å². The normalized spacial score (nSPS) is 22.3. The van der Waals surface area contributed by atoms with Crippen LogP contribution in [0.5, 0.6) is 5.75 Å². The molecule has 8 nitrogen and oxygen atoms in total. The minimum atomic E-state index is -0.163. The van der Waals surface area contributed by atoms with Crippen molar-refractivity contribution in [2.24, 2.45) is 5.92 Å². The van der Waals surface area contributed by atoms with Gasteiger partial charge in [0.15, 0.2) is 0 Å². The number of ether oxygens (including phenoxy) is 2. The number of aromatic nitrogens is 1. The number of amides is 2. The lowest BCUT2D eigenvalue weighted by Gasteiger charge is -2.35. The second kappa shape index (κ2) is 12.3. The minimum absolute atomic E-state index is 0.0722. The highest BCUT2D eigenvalue weighted by Gasteiger charge is 2.28. The lowest BCUT2D eigenvalue weighted by molar-refractivity contribution is -0.116. The van der Waals surface area contributed by atoms with Crippen molar-refractivity contribution in [1.82, 2.24) is 14.8 Å². The van der Waals surface area contributed by atoms with Crippen molar-refractivity contribution in [2.75, 3.05) is 39.2 Å². The maximum absolute atomic E-state index is 13.4. The van der Waals surface area contributed by atoms with E-state index in [4.69, 9.17) is 9.47 Å². The second-order valence-corrected chi connectivity index (χ2v) is 9.94. The molecule has 2 amide bonds. The van der Waals surface area contributed by atoms with Crippen LogP contribution < -0.4 is 10.1 Å². The van der Waals surface area contributed by atoms with Crippen LogP contribution >= 0.6 is 11.3 Å². The number of anilines is 1. The van der Waals surface area contributed by atoms with E-state index in [2.05, 4.69) is 29.0 Å². The molecule has 2 heterocycles. The van der Waals surface area contributed by atoms with Crippen LogP contribution in [0.25, 0.3) is 0 Å². The van der Waals surface area contributed by atoms with Crippen LogP contribution in [-0.2, 0) is 16.1 Å². The summed E-state index contributed by atoms with van der Waals surface area (Å²) in [6.07, 6.45) is 2.89. The topological polar surface area (TPSA) is 84.0 Å². The van der Waals surface area contributed by atoms with Crippen LogP contribution in [0, 0.1) is 5.92 Å². The minimum Gasteiger partial charge on any atom is -0.491 e. The monoisotopic (exact) mass is 488 g/mol. The molecule has 1 aromatic heterocycles. The van der Waals surface area contributed by atoms with E-state index in [0.29, 0.717) is 36.6 Å². The summed E-state index contributed by atoms with van der Waals surface area (Å²) < 4.78 is 12.0. The molecule has 3 rings (SSSR count). The number of hydrogen-bond donors (Lipinski definition) is 1. The van der Waals surface area contributed by atoms with Crippen LogP contribution in [0.2, 0.25) is 0 Å². The standard InChI is InChI=1S/C25H36N4O4S/c1-6-7-23(30)27-19-8-9-21-20(12-19)25(31)28(4)14-22(32-5)17(2)13-29(18(3)16-33-21)15-24-26-10-11-34-24/h8-12,17-18,22H,6-7,13-16H2,1-5H3,(H,27,30)/t17-,18-,22+/m0/s1. The van der Waals surface area contributed by atoms with E-state index in [1.807, 2.05) is 18.5 Å². The van der Waals surface area contributed by atoms with Gasteiger partial charge in [0.25, 0.3) is 5.91 Å². The Morgan fingerprint density at radius 1 is 1.32 bits per heavy atom. The number of carbonyl (C=O) groups excluding carboxylic acids is 2. The predicted octanol–water partition coefficient (Wildman–Crippen LogP) is 3.89. The summed E-state index contributed by atoms with van der Waals surface area (Å²) in [5.74, 6) is 0.455. The molecule has 1 aliphatic heterocycles. The quantitative estimate of drug-likeness (QED) is 0.664. The van der Waals surface area contributed by atoms with E-state index in [1.54, 1.807) is 48.6 Å². The second-order valence-electron chi connectivity index (χ2n) is 8.96. The fraction of sp³-hybridized carbons (Fsp3) is 0.560. The first-order valence-electron chi connectivity index (χ1n) is 11.8. The number of hydrogen-bond acceptors (Lipinski definition) is 7. The Kier molecular flexibility index (Phi) is 9.44. The molecular formula is C25H36N4O4S. The first-order valence-corrected chi connectivity index (χ1v) is 12.7. The van der Waals surface area contributed by atoms with Gasteiger partial charge < -0.3 is 19.7 Å². The summed E-state index contributed by atoms with van der Waals surface area (Å²) in [6, 6.07) is 5.34. The molecule has 1 aliphatic rings. The number of carbonyl (C=O) groups is 2. The average Bonchev–Trinajstić information content (AvgIpc) is 3.33. The summed E-state index contributed by atoms with van der Waals surface area (Å²) in [5.41, 5.74) is 1.02. The van der Waals surface area contributed by atoms with Crippen LogP contribution in [0.4, 0.5) is 5.69 Å². The van der Waals surface area contributed by atoms with E-state index in [9.17, 15) is 9.59 Å². The maximum atomic E-state index is 13.4. The van der Waals surface area contributed by atoms with Gasteiger partial charge in [0, 0.05) is 57.0 Å².